The summed E-state index contributed by atoms with van der Waals surface area (Å²) >= 11 is 0. The first-order chi connectivity index (χ1) is 10.4. The third kappa shape index (κ3) is 8.15. The Hall–Kier alpha value is -1.38. The van der Waals surface area contributed by atoms with Gasteiger partial charge in [-0.1, -0.05) is 12.1 Å². The van der Waals surface area contributed by atoms with Crippen LogP contribution in [-0.4, -0.2) is 55.9 Å². The number of hydrogen-bond donors (Lipinski definition) is 1. The molecule has 1 rings (SSSR count). The van der Waals surface area contributed by atoms with Gasteiger partial charge in [-0.2, -0.15) is 0 Å². The Bertz CT molecular complexity index is 505. The van der Waals surface area contributed by atoms with Crippen LogP contribution in [0.4, 0.5) is 4.39 Å². The number of nitrogens with one attached hydrogen (secondary N) is 1. The number of amides is 1. The summed E-state index contributed by atoms with van der Waals surface area (Å²) in [5.74, 6) is 0.549. The van der Waals surface area contributed by atoms with Crippen molar-refractivity contribution in [3.05, 3.63) is 35.6 Å². The van der Waals surface area contributed by atoms with E-state index in [0.29, 0.717) is 19.5 Å². The molecule has 0 atom stereocenters. The second-order valence-electron chi connectivity index (χ2n) is 5.26. The van der Waals surface area contributed by atoms with Crippen molar-refractivity contribution < 1.29 is 9.18 Å². The normalized spacial score (nSPS) is 10.7. The van der Waals surface area contributed by atoms with E-state index in [1.54, 1.807) is 31.1 Å². The molecule has 0 spiro atoms. The summed E-state index contributed by atoms with van der Waals surface area (Å²) in [7, 11) is 5.38. The van der Waals surface area contributed by atoms with Crippen molar-refractivity contribution in [2.45, 2.75) is 19.9 Å². The van der Waals surface area contributed by atoms with Crippen LogP contribution < -0.4 is 5.32 Å². The van der Waals surface area contributed by atoms with Gasteiger partial charge in [-0.15, -0.1) is 24.0 Å². The fourth-order valence-electron chi connectivity index (χ4n) is 1.89. The molecule has 0 unspecified atom stereocenters. The Morgan fingerprint density at radius 1 is 1.22 bits per heavy atom. The zero-order valence-electron chi connectivity index (χ0n) is 14.2. The van der Waals surface area contributed by atoms with Gasteiger partial charge in [0.2, 0.25) is 5.91 Å². The molecule has 1 N–H and O–H groups in total. The lowest BCUT2D eigenvalue weighted by molar-refractivity contribution is -0.128. The molecule has 0 heterocycles. The maximum atomic E-state index is 12.9. The molecule has 130 valence electrons. The van der Waals surface area contributed by atoms with E-state index in [9.17, 15) is 9.18 Å². The quantitative estimate of drug-likeness (QED) is 0.423. The summed E-state index contributed by atoms with van der Waals surface area (Å²) in [6.07, 6.45) is 0.381. The summed E-state index contributed by atoms with van der Waals surface area (Å²) in [6.45, 7) is 3.79. The first-order valence-electron chi connectivity index (χ1n) is 7.38. The fourth-order valence-corrected chi connectivity index (χ4v) is 1.89. The molecule has 1 amide bonds. The van der Waals surface area contributed by atoms with Gasteiger partial charge in [-0.05, 0) is 24.6 Å². The van der Waals surface area contributed by atoms with Crippen LogP contribution in [0.25, 0.3) is 0 Å². The van der Waals surface area contributed by atoms with Crippen molar-refractivity contribution in [1.82, 2.24) is 15.1 Å². The molecule has 0 bridgehead atoms. The highest BCUT2D eigenvalue weighted by Gasteiger charge is 2.08. The molecule has 23 heavy (non-hydrogen) atoms. The summed E-state index contributed by atoms with van der Waals surface area (Å²) < 4.78 is 12.9. The van der Waals surface area contributed by atoms with Crippen molar-refractivity contribution in [2.75, 3.05) is 34.2 Å². The molecule has 0 aromatic heterocycles. The van der Waals surface area contributed by atoms with Crippen LogP contribution in [0.1, 0.15) is 18.9 Å². The third-order valence-electron chi connectivity index (χ3n) is 3.12. The number of aliphatic imine (C=N–C) groups is 1. The topological polar surface area (TPSA) is 47.9 Å². The van der Waals surface area contributed by atoms with E-state index in [4.69, 9.17) is 0 Å². The van der Waals surface area contributed by atoms with Crippen molar-refractivity contribution in [3.63, 3.8) is 0 Å². The summed E-state index contributed by atoms with van der Waals surface area (Å²) in [5, 5.41) is 3.19. The minimum Gasteiger partial charge on any atom is -0.357 e. The zero-order chi connectivity index (χ0) is 16.5. The summed E-state index contributed by atoms with van der Waals surface area (Å²) in [4.78, 5) is 19.5. The van der Waals surface area contributed by atoms with E-state index in [0.717, 1.165) is 18.1 Å². The van der Waals surface area contributed by atoms with Gasteiger partial charge < -0.3 is 15.1 Å². The van der Waals surface area contributed by atoms with Gasteiger partial charge in [-0.25, -0.2) is 4.39 Å². The zero-order valence-corrected chi connectivity index (χ0v) is 16.5. The number of nitrogens with zero attached hydrogens (tertiary/aromatic N) is 3. The lowest BCUT2D eigenvalue weighted by atomic mass is 10.2. The van der Waals surface area contributed by atoms with E-state index in [1.807, 2.05) is 18.9 Å². The van der Waals surface area contributed by atoms with Crippen LogP contribution in [0, 0.1) is 5.82 Å². The number of hydrogen-bond acceptors (Lipinski definition) is 2. The molecule has 0 fully saturated rings. The Morgan fingerprint density at radius 3 is 2.35 bits per heavy atom. The molecule has 0 saturated carbocycles. The SMILES string of the molecule is CCNC(=NCCC(=O)N(C)C)N(C)Cc1ccc(F)cc1.I. The first kappa shape index (κ1) is 21.6. The van der Waals surface area contributed by atoms with Gasteiger partial charge in [0.15, 0.2) is 5.96 Å². The van der Waals surface area contributed by atoms with Crippen LogP contribution in [0.5, 0.6) is 0 Å². The van der Waals surface area contributed by atoms with Gasteiger partial charge >= 0.3 is 0 Å². The molecule has 0 aliphatic carbocycles. The molecule has 0 radical (unpaired) electrons. The minimum absolute atomic E-state index is 0. The van der Waals surface area contributed by atoms with Crippen molar-refractivity contribution in [3.8, 4) is 0 Å². The largest absolute Gasteiger partial charge is 0.357 e. The van der Waals surface area contributed by atoms with Gasteiger partial charge in [0.05, 0.1) is 6.54 Å². The molecular weight excluding hydrogens is 410 g/mol. The molecule has 0 aliphatic rings. The summed E-state index contributed by atoms with van der Waals surface area (Å²) in [5.41, 5.74) is 0.999. The van der Waals surface area contributed by atoms with Crippen LogP contribution in [-0.2, 0) is 11.3 Å². The van der Waals surface area contributed by atoms with Crippen molar-refractivity contribution >= 4 is 35.8 Å². The van der Waals surface area contributed by atoms with Gasteiger partial charge in [0.25, 0.3) is 0 Å². The number of carbonyl (C=O) groups excluding carboxylic acids is 1. The number of guanidine groups is 1. The Balaban J connectivity index is 0.00000484. The third-order valence-corrected chi connectivity index (χ3v) is 3.12. The molecule has 1 aromatic rings. The highest BCUT2D eigenvalue weighted by molar-refractivity contribution is 14.0. The average Bonchev–Trinajstić information content (AvgIpc) is 2.48. The van der Waals surface area contributed by atoms with Gasteiger partial charge in [-0.3, -0.25) is 9.79 Å². The predicted octanol–water partition coefficient (Wildman–Crippen LogP) is 2.32. The Labute approximate surface area is 155 Å². The average molecular weight is 436 g/mol. The van der Waals surface area contributed by atoms with Crippen LogP contribution in [0.15, 0.2) is 29.3 Å². The molecular formula is C16H26FIN4O. The van der Waals surface area contributed by atoms with Crippen LogP contribution in [0.3, 0.4) is 0 Å². The van der Waals surface area contributed by atoms with Crippen molar-refractivity contribution in [1.29, 1.82) is 0 Å². The number of carbonyl (C=O) groups is 1. The van der Waals surface area contributed by atoms with Crippen LogP contribution >= 0.6 is 24.0 Å². The lowest BCUT2D eigenvalue weighted by Crippen LogP contribution is -2.38. The highest BCUT2D eigenvalue weighted by atomic mass is 127. The van der Waals surface area contributed by atoms with E-state index in [1.165, 1.54) is 12.1 Å². The van der Waals surface area contributed by atoms with Crippen molar-refractivity contribution in [2.24, 2.45) is 4.99 Å². The standard InChI is InChI=1S/C16H25FN4O.HI/c1-5-18-16(19-11-10-15(22)20(2)3)21(4)12-13-6-8-14(17)9-7-13;/h6-9H,5,10-12H2,1-4H3,(H,18,19);1H. The molecule has 0 saturated heterocycles. The number of benzene rings is 1. The van der Waals surface area contributed by atoms with E-state index in [-0.39, 0.29) is 35.7 Å². The smallest absolute Gasteiger partial charge is 0.223 e. The maximum Gasteiger partial charge on any atom is 0.223 e. The summed E-state index contributed by atoms with van der Waals surface area (Å²) in [6, 6.07) is 6.40. The van der Waals surface area contributed by atoms with E-state index < -0.39 is 0 Å². The Morgan fingerprint density at radius 2 is 1.83 bits per heavy atom. The van der Waals surface area contributed by atoms with Gasteiger partial charge in [0, 0.05) is 40.7 Å². The molecule has 1 aromatic carbocycles. The molecule has 0 aliphatic heterocycles. The second kappa shape index (κ2) is 11.2. The van der Waals surface area contributed by atoms with Gasteiger partial charge in [0.1, 0.15) is 5.82 Å². The number of halogens is 2. The molecule has 7 heteroatoms. The predicted molar refractivity (Wildman–Crippen MR) is 103 cm³/mol. The minimum atomic E-state index is -0.242. The fraction of sp³-hybridized carbons (Fsp3) is 0.500. The lowest BCUT2D eigenvalue weighted by Gasteiger charge is -2.22. The van der Waals surface area contributed by atoms with E-state index >= 15 is 0 Å². The maximum absolute atomic E-state index is 12.9. The second-order valence-corrected chi connectivity index (χ2v) is 5.26. The molecule has 5 nitrogen and oxygen atoms in total. The monoisotopic (exact) mass is 436 g/mol. The van der Waals surface area contributed by atoms with E-state index in [2.05, 4.69) is 10.3 Å². The first-order valence-corrected chi connectivity index (χ1v) is 7.38. The number of rotatable bonds is 6. The highest BCUT2D eigenvalue weighted by Crippen LogP contribution is 2.06. The Kier molecular flexibility index (Phi) is 10.5. The van der Waals surface area contributed by atoms with Crippen LogP contribution in [0.2, 0.25) is 0 Å².